The van der Waals surface area contributed by atoms with Gasteiger partial charge in [0.1, 0.15) is 0 Å². The van der Waals surface area contributed by atoms with Crippen molar-refractivity contribution in [3.63, 3.8) is 0 Å². The number of hydrogen-bond acceptors (Lipinski definition) is 3. The number of aromatic amines is 1. The third-order valence-electron chi connectivity index (χ3n) is 4.29. The van der Waals surface area contributed by atoms with Crippen molar-refractivity contribution >= 4 is 6.03 Å². The minimum absolute atomic E-state index is 0.0494. The van der Waals surface area contributed by atoms with Gasteiger partial charge in [-0.1, -0.05) is 64.7 Å². The van der Waals surface area contributed by atoms with Crippen LogP contribution in [0, 0.1) is 0 Å². The molecule has 0 saturated carbocycles. The van der Waals surface area contributed by atoms with E-state index in [1.165, 1.54) is 49.5 Å². The Labute approximate surface area is 140 Å². The number of aromatic nitrogens is 2. The van der Waals surface area contributed by atoms with Crippen LogP contribution in [0.3, 0.4) is 0 Å². The molecule has 2 rings (SSSR count). The fourth-order valence-electron chi connectivity index (χ4n) is 2.94. The Morgan fingerprint density at radius 2 is 1.42 bits per heavy atom. The van der Waals surface area contributed by atoms with Crippen LogP contribution in [0.4, 0.5) is 4.79 Å². The predicted molar refractivity (Wildman–Crippen MR) is 90.9 cm³/mol. The molecule has 0 saturated heterocycles. The maximum atomic E-state index is 11.9. The zero-order valence-corrected chi connectivity index (χ0v) is 14.3. The van der Waals surface area contributed by atoms with E-state index in [-0.39, 0.29) is 10.8 Å². The van der Waals surface area contributed by atoms with Gasteiger partial charge < -0.3 is 0 Å². The van der Waals surface area contributed by atoms with E-state index in [2.05, 4.69) is 21.9 Å². The summed E-state index contributed by atoms with van der Waals surface area (Å²) in [6.45, 7) is 2.67. The molecule has 7 heteroatoms. The molecule has 0 aromatic carbocycles. The minimum atomic E-state index is -0.724. The van der Waals surface area contributed by atoms with E-state index in [4.69, 9.17) is 0 Å². The lowest BCUT2D eigenvalue weighted by atomic mass is 10.1. The van der Waals surface area contributed by atoms with Gasteiger partial charge in [-0.15, -0.1) is 0 Å². The number of H-pyrrole nitrogens is 1. The normalized spacial score (nSPS) is 12.8. The summed E-state index contributed by atoms with van der Waals surface area (Å²) in [5, 5.41) is -0.0494. The molecule has 2 heterocycles. The van der Waals surface area contributed by atoms with Crippen LogP contribution in [0.25, 0.3) is 0 Å². The second-order valence-electron chi connectivity index (χ2n) is 6.27. The molecule has 1 N–H and O–H groups in total. The highest BCUT2D eigenvalue weighted by molar-refractivity contribution is 5.77. The van der Waals surface area contributed by atoms with Crippen molar-refractivity contribution < 1.29 is 4.79 Å². The van der Waals surface area contributed by atoms with E-state index in [1.807, 2.05) is 0 Å². The van der Waals surface area contributed by atoms with Crippen LogP contribution in [0.15, 0.2) is 19.6 Å². The Morgan fingerprint density at radius 3 is 2.04 bits per heavy atom. The van der Waals surface area contributed by atoms with Crippen LogP contribution in [0.1, 0.15) is 71.1 Å². The highest BCUT2D eigenvalue weighted by Crippen LogP contribution is 2.10. The molecule has 0 spiro atoms. The van der Waals surface area contributed by atoms with Gasteiger partial charge in [0.05, 0.1) is 0 Å². The van der Waals surface area contributed by atoms with Crippen LogP contribution in [-0.4, -0.2) is 15.6 Å². The Balaban J connectivity index is 1.75. The van der Waals surface area contributed by atoms with Crippen molar-refractivity contribution in [3.05, 3.63) is 31.7 Å². The number of amides is 2. The summed E-state index contributed by atoms with van der Waals surface area (Å²) < 4.78 is 1.34. The van der Waals surface area contributed by atoms with Crippen LogP contribution in [0.5, 0.6) is 0 Å². The minimum Gasteiger partial charge on any atom is -0.276 e. The number of rotatable bonds is 11. The van der Waals surface area contributed by atoms with Crippen LogP contribution >= 0.6 is 0 Å². The van der Waals surface area contributed by atoms with Gasteiger partial charge in [0, 0.05) is 6.54 Å². The number of carbonyl (C=O) groups is 1. The Hall–Kier alpha value is -2.05. The Morgan fingerprint density at radius 1 is 0.833 bits per heavy atom. The van der Waals surface area contributed by atoms with Crippen molar-refractivity contribution in [2.75, 3.05) is 0 Å². The largest absolute Gasteiger partial charge is 0.369 e. The maximum absolute atomic E-state index is 11.9. The molecule has 2 amide bonds. The van der Waals surface area contributed by atoms with Crippen molar-refractivity contribution in [2.24, 2.45) is 9.98 Å². The number of nitrogens with one attached hydrogen (secondary N) is 1. The summed E-state index contributed by atoms with van der Waals surface area (Å²) in [5.74, 6) is 0. The molecule has 0 atom stereocenters. The van der Waals surface area contributed by atoms with Gasteiger partial charge in [-0.3, -0.25) is 14.3 Å². The highest BCUT2D eigenvalue weighted by Gasteiger charge is 2.13. The number of carbonyl (C=O) groups excluding carboxylic acids is 1. The molecule has 0 unspecified atom stereocenters. The molecule has 1 aromatic rings. The van der Waals surface area contributed by atoms with Crippen molar-refractivity contribution in [3.8, 4) is 0 Å². The third kappa shape index (κ3) is 4.97. The molecule has 0 bridgehead atoms. The fourth-order valence-corrected chi connectivity index (χ4v) is 2.94. The molecule has 7 nitrogen and oxygen atoms in total. The van der Waals surface area contributed by atoms with Gasteiger partial charge in [0.15, 0.2) is 10.8 Å². The summed E-state index contributed by atoms with van der Waals surface area (Å²) in [6.07, 6.45) is 12.0. The number of nitrogens with zero attached hydrogens (tertiary/aromatic N) is 3. The fraction of sp³-hybridized carbons (Fsp3) is 0.706. The summed E-state index contributed by atoms with van der Waals surface area (Å²) in [5.41, 5.74) is -1.07. The van der Waals surface area contributed by atoms with Crippen molar-refractivity contribution in [2.45, 2.75) is 77.7 Å². The molecular weight excluding hydrogens is 308 g/mol. The van der Waals surface area contributed by atoms with E-state index < -0.39 is 17.3 Å². The highest BCUT2D eigenvalue weighted by atomic mass is 16.2. The monoisotopic (exact) mass is 334 g/mol. The molecule has 0 aliphatic carbocycles. The zero-order valence-electron chi connectivity index (χ0n) is 14.3. The first-order chi connectivity index (χ1) is 11.6. The Bertz CT molecular complexity index is 792. The average molecular weight is 334 g/mol. The quantitative estimate of drug-likeness (QED) is 0.625. The number of hydrogen-bond donors (Lipinski definition) is 1. The lowest BCUT2D eigenvalue weighted by molar-refractivity contribution is 0.256. The van der Waals surface area contributed by atoms with E-state index in [1.54, 1.807) is 0 Å². The van der Waals surface area contributed by atoms with Gasteiger partial charge in [-0.25, -0.2) is 9.59 Å². The molecule has 1 aliphatic rings. The van der Waals surface area contributed by atoms with Crippen molar-refractivity contribution in [1.29, 1.82) is 0 Å². The third-order valence-corrected chi connectivity index (χ3v) is 4.29. The molecule has 1 aliphatic heterocycles. The van der Waals surface area contributed by atoms with E-state index in [0.29, 0.717) is 6.54 Å². The van der Waals surface area contributed by atoms with Crippen LogP contribution in [0.2, 0.25) is 0 Å². The van der Waals surface area contributed by atoms with Crippen LogP contribution in [-0.2, 0) is 6.54 Å². The van der Waals surface area contributed by atoms with E-state index in [9.17, 15) is 14.4 Å². The molecule has 1 aromatic heterocycles. The first-order valence-electron chi connectivity index (χ1n) is 8.98. The lowest BCUT2D eigenvalue weighted by Gasteiger charge is -2.05. The smallest absolute Gasteiger partial charge is 0.276 e. The van der Waals surface area contributed by atoms with E-state index in [0.717, 1.165) is 19.3 Å². The number of fused-ring (bicyclic) bond motifs is 1. The topological polar surface area (TPSA) is 96.6 Å². The van der Waals surface area contributed by atoms with Gasteiger partial charge in [0.2, 0.25) is 0 Å². The van der Waals surface area contributed by atoms with E-state index >= 15 is 0 Å². The Kier molecular flexibility index (Phi) is 7.08. The number of urea groups is 1. The summed E-state index contributed by atoms with van der Waals surface area (Å²) in [4.78, 5) is 44.2. The summed E-state index contributed by atoms with van der Waals surface area (Å²) in [6, 6.07) is -0.724. The van der Waals surface area contributed by atoms with Gasteiger partial charge in [-0.2, -0.15) is 9.98 Å². The molecule has 0 radical (unpaired) electrons. The maximum Gasteiger partial charge on any atom is 0.369 e. The summed E-state index contributed by atoms with van der Waals surface area (Å²) >= 11 is 0. The van der Waals surface area contributed by atoms with Gasteiger partial charge >= 0.3 is 11.7 Å². The van der Waals surface area contributed by atoms with Crippen LogP contribution < -0.4 is 22.1 Å². The predicted octanol–water partition coefficient (Wildman–Crippen LogP) is 1.83. The molecule has 24 heavy (non-hydrogen) atoms. The standard InChI is InChI=1S/C17H26N4O3/c1-2-3-4-5-6-7-8-9-10-11-12-21-14-13(18-16(23)19-14)15(22)20-17(21)24/h2-12H2,1H3,(H,20,22,24). The second-order valence-corrected chi connectivity index (χ2v) is 6.27. The first-order valence-corrected chi connectivity index (χ1v) is 8.98. The lowest BCUT2D eigenvalue weighted by Crippen LogP contribution is -2.52. The second kappa shape index (κ2) is 9.30. The zero-order chi connectivity index (χ0) is 17.4. The molecular formula is C17H26N4O3. The van der Waals surface area contributed by atoms with Crippen molar-refractivity contribution in [1.82, 2.24) is 9.55 Å². The molecule has 0 fully saturated rings. The van der Waals surface area contributed by atoms with Gasteiger partial charge in [0.25, 0.3) is 5.56 Å². The number of unbranched alkanes of at least 4 members (excludes halogenated alkanes) is 9. The SMILES string of the molecule is CCCCCCCCCCCCn1c(=O)[nH]c(=O)c2c1=NC(=O)N=2. The molecule has 132 valence electrons. The average Bonchev–Trinajstić information content (AvgIpc) is 2.94. The first kappa shape index (κ1) is 18.3. The van der Waals surface area contributed by atoms with Gasteiger partial charge in [-0.05, 0) is 6.42 Å². The summed E-state index contributed by atoms with van der Waals surface area (Å²) in [7, 11) is 0.